The van der Waals surface area contributed by atoms with Crippen molar-refractivity contribution >= 4 is 28.9 Å². The molecule has 30 heavy (non-hydrogen) atoms. The number of benzene rings is 2. The van der Waals surface area contributed by atoms with E-state index in [2.05, 4.69) is 10.3 Å². The molecule has 0 saturated carbocycles. The zero-order chi connectivity index (χ0) is 20.9. The third kappa shape index (κ3) is 4.83. The molecule has 2 heterocycles. The van der Waals surface area contributed by atoms with Crippen LogP contribution in [0.5, 0.6) is 5.75 Å². The number of aromatic nitrogens is 1. The lowest BCUT2D eigenvalue weighted by atomic mass is 10.1. The summed E-state index contributed by atoms with van der Waals surface area (Å²) in [5.74, 6) is 1.24. The van der Waals surface area contributed by atoms with Crippen LogP contribution in [0.15, 0.2) is 65.2 Å². The Morgan fingerprint density at radius 1 is 1.13 bits per heavy atom. The van der Waals surface area contributed by atoms with E-state index in [0.29, 0.717) is 25.6 Å². The van der Waals surface area contributed by atoms with Crippen molar-refractivity contribution in [3.63, 3.8) is 0 Å². The number of rotatable bonds is 8. The first-order valence-electron chi connectivity index (χ1n) is 9.54. The molecule has 0 spiro atoms. The first-order valence-corrected chi connectivity index (χ1v) is 10.4. The first kappa shape index (κ1) is 20.0. The molecular weight excluding hydrogens is 402 g/mol. The molecule has 1 aliphatic heterocycles. The van der Waals surface area contributed by atoms with Crippen molar-refractivity contribution in [1.82, 2.24) is 10.3 Å². The normalized spacial score (nSPS) is 15.8. The van der Waals surface area contributed by atoms with Crippen molar-refractivity contribution in [2.24, 2.45) is 0 Å². The Morgan fingerprint density at radius 2 is 1.90 bits per heavy atom. The van der Waals surface area contributed by atoms with Gasteiger partial charge in [-0.25, -0.2) is 4.98 Å². The van der Waals surface area contributed by atoms with E-state index in [4.69, 9.17) is 9.15 Å². The highest BCUT2D eigenvalue weighted by Gasteiger charge is 2.31. The fraction of sp³-hybridized carbons (Fsp3) is 0.227. The van der Waals surface area contributed by atoms with Gasteiger partial charge in [0.05, 0.1) is 18.0 Å². The molecule has 7 nitrogen and oxygen atoms in total. The maximum absolute atomic E-state index is 11.7. The fourth-order valence-corrected chi connectivity index (χ4v) is 3.90. The van der Waals surface area contributed by atoms with E-state index in [0.717, 1.165) is 34.4 Å². The summed E-state index contributed by atoms with van der Waals surface area (Å²) in [4.78, 5) is 29.2. The van der Waals surface area contributed by atoms with E-state index in [1.807, 2.05) is 66.5 Å². The number of nitrogens with one attached hydrogen (secondary N) is 1. The van der Waals surface area contributed by atoms with E-state index >= 15 is 0 Å². The van der Waals surface area contributed by atoms with Gasteiger partial charge in [0.1, 0.15) is 12.4 Å². The van der Waals surface area contributed by atoms with Crippen molar-refractivity contribution in [2.75, 3.05) is 25.1 Å². The van der Waals surface area contributed by atoms with E-state index in [1.54, 1.807) is 6.20 Å². The zero-order valence-corrected chi connectivity index (χ0v) is 17.2. The number of imide groups is 1. The Morgan fingerprint density at radius 3 is 2.60 bits per heavy atom. The number of carbonyl (C=O) groups excluding carboxylic acids is 2. The van der Waals surface area contributed by atoms with Crippen molar-refractivity contribution in [2.45, 2.75) is 11.7 Å². The molecular formula is C22H21N3O4S. The number of oxazole rings is 1. The highest BCUT2D eigenvalue weighted by molar-refractivity contribution is 8.15. The third-order valence-electron chi connectivity index (χ3n) is 4.69. The highest BCUT2D eigenvalue weighted by atomic mass is 32.2. The smallest absolute Gasteiger partial charge is 0.297 e. The molecule has 154 valence electrons. The summed E-state index contributed by atoms with van der Waals surface area (Å²) in [5, 5.41) is 1.66. The quantitative estimate of drug-likeness (QED) is 0.591. The average Bonchev–Trinajstić information content (AvgIpc) is 3.37. The van der Waals surface area contributed by atoms with Crippen molar-refractivity contribution in [3.05, 3.63) is 66.4 Å². The maximum atomic E-state index is 11.7. The van der Waals surface area contributed by atoms with Crippen LogP contribution < -0.4 is 15.0 Å². The summed E-state index contributed by atoms with van der Waals surface area (Å²) < 4.78 is 11.6. The van der Waals surface area contributed by atoms with Crippen molar-refractivity contribution < 1.29 is 18.7 Å². The summed E-state index contributed by atoms with van der Waals surface area (Å²) in [7, 11) is 1.90. The number of anilines is 1. The fourth-order valence-electron chi connectivity index (χ4n) is 3.04. The Balaban J connectivity index is 1.25. The Bertz CT molecular complexity index is 1020. The molecule has 4 rings (SSSR count). The lowest BCUT2D eigenvalue weighted by molar-refractivity contribution is -0.118. The lowest BCUT2D eigenvalue weighted by Gasteiger charge is -2.15. The van der Waals surface area contributed by atoms with Gasteiger partial charge >= 0.3 is 0 Å². The number of nitrogens with zero attached hydrogens (tertiary/aromatic N) is 2. The predicted molar refractivity (Wildman–Crippen MR) is 116 cm³/mol. The highest BCUT2D eigenvalue weighted by Crippen LogP contribution is 2.25. The molecule has 1 atom stereocenters. The maximum Gasteiger partial charge on any atom is 0.297 e. The SMILES string of the molecule is CN(CCOc1ccc(CC2SC(=O)NC2=O)cc1)c1ncc(-c2ccccc2)o1. The third-order valence-corrected chi connectivity index (χ3v) is 5.67. The largest absolute Gasteiger partial charge is 0.492 e. The molecule has 8 heteroatoms. The standard InChI is InChI=1S/C22H21N3O4S/c1-25(21-23-14-18(29-21)16-5-3-2-4-6-16)11-12-28-17-9-7-15(8-10-17)13-19-20(26)24-22(27)30-19/h2-10,14,19H,11-13H2,1H3,(H,24,26,27). The first-order chi connectivity index (χ1) is 14.6. The van der Waals surface area contributed by atoms with E-state index < -0.39 is 0 Å². The van der Waals surface area contributed by atoms with Crippen LogP contribution in [-0.4, -0.2) is 41.6 Å². The van der Waals surface area contributed by atoms with Gasteiger partial charge in [0, 0.05) is 12.6 Å². The molecule has 3 aromatic rings. The van der Waals surface area contributed by atoms with Gasteiger partial charge in [-0.1, -0.05) is 54.2 Å². The van der Waals surface area contributed by atoms with Crippen molar-refractivity contribution in [1.29, 1.82) is 0 Å². The second-order valence-electron chi connectivity index (χ2n) is 6.87. The Hall–Kier alpha value is -3.26. The molecule has 1 fully saturated rings. The molecule has 0 radical (unpaired) electrons. The minimum Gasteiger partial charge on any atom is -0.492 e. The van der Waals surface area contributed by atoms with Crippen LogP contribution in [0, 0.1) is 0 Å². The van der Waals surface area contributed by atoms with Crippen molar-refractivity contribution in [3.8, 4) is 17.1 Å². The van der Waals surface area contributed by atoms with Gasteiger partial charge in [-0.05, 0) is 24.1 Å². The van der Waals surface area contributed by atoms with E-state index in [-0.39, 0.29) is 16.4 Å². The Labute approximate surface area is 178 Å². The average molecular weight is 423 g/mol. The van der Waals surface area contributed by atoms with Gasteiger partial charge in [-0.2, -0.15) is 0 Å². The number of hydrogen-bond donors (Lipinski definition) is 1. The lowest BCUT2D eigenvalue weighted by Crippen LogP contribution is -2.25. The van der Waals surface area contributed by atoms with Crippen LogP contribution in [0.3, 0.4) is 0 Å². The van der Waals surface area contributed by atoms with E-state index in [9.17, 15) is 9.59 Å². The number of hydrogen-bond acceptors (Lipinski definition) is 7. The number of ether oxygens (including phenoxy) is 1. The molecule has 2 aromatic carbocycles. The minimum absolute atomic E-state index is 0.227. The molecule has 0 bridgehead atoms. The minimum atomic E-state index is -0.362. The molecule has 1 N–H and O–H groups in total. The van der Waals surface area contributed by atoms with Gasteiger partial charge in [0.15, 0.2) is 5.76 Å². The van der Waals surface area contributed by atoms with Gasteiger partial charge in [0.25, 0.3) is 11.3 Å². The topological polar surface area (TPSA) is 84.7 Å². The Kier molecular flexibility index (Phi) is 6.04. The number of amides is 2. The van der Waals surface area contributed by atoms with Crippen LogP contribution >= 0.6 is 11.8 Å². The van der Waals surface area contributed by atoms with Gasteiger partial charge in [-0.3, -0.25) is 14.9 Å². The van der Waals surface area contributed by atoms with Crippen LogP contribution in [0.4, 0.5) is 10.8 Å². The molecule has 1 unspecified atom stereocenters. The summed E-state index contributed by atoms with van der Waals surface area (Å²) in [5.41, 5.74) is 1.97. The zero-order valence-electron chi connectivity index (χ0n) is 16.4. The number of thioether (sulfide) groups is 1. The van der Waals surface area contributed by atoms with E-state index in [1.165, 1.54) is 0 Å². The van der Waals surface area contributed by atoms with Crippen LogP contribution in [0.25, 0.3) is 11.3 Å². The number of likely N-dealkylation sites (N-methyl/N-ethyl adjacent to an activating group) is 1. The van der Waals surface area contributed by atoms with Crippen LogP contribution in [0.1, 0.15) is 5.56 Å². The van der Waals surface area contributed by atoms with Gasteiger partial charge in [-0.15, -0.1) is 0 Å². The summed E-state index contributed by atoms with van der Waals surface area (Å²) in [6, 6.07) is 17.9. The molecule has 1 aromatic heterocycles. The molecule has 1 aliphatic rings. The summed E-state index contributed by atoms with van der Waals surface area (Å²) in [6.07, 6.45) is 2.23. The van der Waals surface area contributed by atoms with Gasteiger partial charge in [0.2, 0.25) is 5.91 Å². The van der Waals surface area contributed by atoms with Gasteiger partial charge < -0.3 is 14.1 Å². The van der Waals surface area contributed by atoms with Crippen LogP contribution in [-0.2, 0) is 11.2 Å². The monoisotopic (exact) mass is 423 g/mol. The summed E-state index contributed by atoms with van der Waals surface area (Å²) in [6.45, 7) is 1.08. The second kappa shape index (κ2) is 9.04. The molecule has 1 saturated heterocycles. The van der Waals surface area contributed by atoms with Crippen LogP contribution in [0.2, 0.25) is 0 Å². The second-order valence-corrected chi connectivity index (χ2v) is 8.05. The number of carbonyl (C=O) groups is 2. The predicted octanol–water partition coefficient (Wildman–Crippen LogP) is 3.75. The molecule has 0 aliphatic carbocycles. The molecule has 2 amide bonds. The summed E-state index contributed by atoms with van der Waals surface area (Å²) >= 11 is 1.04.